The molecule has 0 saturated carbocycles. The Balaban J connectivity index is 1.54. The Hall–Kier alpha value is -1.06. The monoisotopic (exact) mass is 287 g/mol. The molecule has 2 aliphatic rings. The molecule has 1 aromatic rings. The number of benzene rings is 1. The van der Waals surface area contributed by atoms with Gasteiger partial charge in [-0.25, -0.2) is 0 Å². The van der Waals surface area contributed by atoms with E-state index >= 15 is 0 Å². The lowest BCUT2D eigenvalue weighted by molar-refractivity contribution is 0.184. The first-order valence-electron chi connectivity index (χ1n) is 8.63. The Morgan fingerprint density at radius 1 is 0.952 bits per heavy atom. The van der Waals surface area contributed by atoms with E-state index in [2.05, 4.69) is 52.0 Å². The molecule has 3 rings (SSSR count). The second-order valence-electron chi connectivity index (χ2n) is 6.40. The first-order valence-corrected chi connectivity index (χ1v) is 8.63. The van der Waals surface area contributed by atoms with Gasteiger partial charge in [0.1, 0.15) is 0 Å². The van der Waals surface area contributed by atoms with E-state index in [0.717, 1.165) is 6.04 Å². The highest BCUT2D eigenvalue weighted by atomic mass is 15.3. The van der Waals surface area contributed by atoms with Gasteiger partial charge >= 0.3 is 0 Å². The topological polar surface area (TPSA) is 9.72 Å². The summed E-state index contributed by atoms with van der Waals surface area (Å²) in [6, 6.07) is 11.7. The summed E-state index contributed by atoms with van der Waals surface area (Å²) in [5.74, 6) is 0. The van der Waals surface area contributed by atoms with E-state index < -0.39 is 0 Å². The van der Waals surface area contributed by atoms with Gasteiger partial charge in [0.2, 0.25) is 0 Å². The maximum Gasteiger partial charge on any atom is 0.0366 e. The zero-order chi connectivity index (χ0) is 14.5. The van der Waals surface area contributed by atoms with Gasteiger partial charge in [0.25, 0.3) is 0 Å². The Labute approximate surface area is 129 Å². The quantitative estimate of drug-likeness (QED) is 0.843. The van der Waals surface area contributed by atoms with E-state index in [1.807, 2.05) is 0 Å². The molecule has 2 aliphatic heterocycles. The van der Waals surface area contributed by atoms with Crippen molar-refractivity contribution in [2.45, 2.75) is 32.2 Å². The number of hydrogen-bond acceptors (Lipinski definition) is 3. The Morgan fingerprint density at radius 2 is 1.81 bits per heavy atom. The van der Waals surface area contributed by atoms with Crippen LogP contribution in [0.4, 0.5) is 5.69 Å². The average molecular weight is 287 g/mol. The Bertz CT molecular complexity index is 420. The molecular weight excluding hydrogens is 258 g/mol. The highest BCUT2D eigenvalue weighted by molar-refractivity contribution is 5.46. The van der Waals surface area contributed by atoms with Gasteiger partial charge in [-0.05, 0) is 51.0 Å². The van der Waals surface area contributed by atoms with E-state index in [1.165, 1.54) is 70.8 Å². The largest absolute Gasteiger partial charge is 0.370 e. The third-order valence-corrected chi connectivity index (χ3v) is 5.08. The molecule has 2 saturated heterocycles. The van der Waals surface area contributed by atoms with Crippen molar-refractivity contribution in [2.75, 3.05) is 50.7 Å². The molecule has 0 aliphatic carbocycles. The zero-order valence-corrected chi connectivity index (χ0v) is 13.4. The van der Waals surface area contributed by atoms with Crippen molar-refractivity contribution in [1.29, 1.82) is 0 Å². The molecule has 0 N–H and O–H groups in total. The molecular formula is C18H29N3. The normalized spacial score (nSPS) is 25.2. The fourth-order valence-corrected chi connectivity index (χ4v) is 3.87. The van der Waals surface area contributed by atoms with Crippen LogP contribution in [0.15, 0.2) is 30.3 Å². The van der Waals surface area contributed by atoms with Crippen LogP contribution in [-0.4, -0.2) is 61.7 Å². The van der Waals surface area contributed by atoms with Gasteiger partial charge in [-0.1, -0.05) is 25.1 Å². The number of nitrogens with zero attached hydrogens (tertiary/aromatic N) is 3. The number of likely N-dealkylation sites (N-methyl/N-ethyl adjacent to an activating group) is 1. The van der Waals surface area contributed by atoms with Crippen LogP contribution in [-0.2, 0) is 0 Å². The highest BCUT2D eigenvalue weighted by Gasteiger charge is 2.26. The van der Waals surface area contributed by atoms with Crippen molar-refractivity contribution in [3.63, 3.8) is 0 Å². The van der Waals surface area contributed by atoms with Crippen molar-refractivity contribution >= 4 is 5.69 Å². The summed E-state index contributed by atoms with van der Waals surface area (Å²) in [7, 11) is 0. The second kappa shape index (κ2) is 7.28. The van der Waals surface area contributed by atoms with E-state index in [9.17, 15) is 0 Å². The Kier molecular flexibility index (Phi) is 5.15. The van der Waals surface area contributed by atoms with Crippen LogP contribution in [0.2, 0.25) is 0 Å². The lowest BCUT2D eigenvalue weighted by Gasteiger charge is -2.29. The summed E-state index contributed by atoms with van der Waals surface area (Å²) in [6.07, 6.45) is 4.07. The van der Waals surface area contributed by atoms with Gasteiger partial charge in [-0.2, -0.15) is 0 Å². The second-order valence-corrected chi connectivity index (χ2v) is 6.40. The van der Waals surface area contributed by atoms with Crippen LogP contribution in [0.1, 0.15) is 26.2 Å². The minimum absolute atomic E-state index is 0.804. The summed E-state index contributed by atoms with van der Waals surface area (Å²) >= 11 is 0. The fourth-order valence-electron chi connectivity index (χ4n) is 3.87. The Morgan fingerprint density at radius 3 is 2.62 bits per heavy atom. The summed E-state index contributed by atoms with van der Waals surface area (Å²) in [5, 5.41) is 0. The molecule has 116 valence electrons. The predicted octanol–water partition coefficient (Wildman–Crippen LogP) is 2.68. The number of anilines is 1. The molecule has 0 unspecified atom stereocenters. The first kappa shape index (κ1) is 14.9. The molecule has 0 bridgehead atoms. The van der Waals surface area contributed by atoms with E-state index in [1.54, 1.807) is 0 Å². The minimum atomic E-state index is 0.804. The third-order valence-electron chi connectivity index (χ3n) is 5.08. The van der Waals surface area contributed by atoms with Gasteiger partial charge in [0.05, 0.1) is 0 Å². The van der Waals surface area contributed by atoms with Crippen LogP contribution in [0.25, 0.3) is 0 Å². The maximum absolute atomic E-state index is 2.70. The smallest absolute Gasteiger partial charge is 0.0366 e. The van der Waals surface area contributed by atoms with Gasteiger partial charge in [-0.3, -0.25) is 9.80 Å². The molecule has 2 heterocycles. The number of hydrogen-bond donors (Lipinski definition) is 0. The van der Waals surface area contributed by atoms with Crippen molar-refractivity contribution < 1.29 is 0 Å². The minimum Gasteiger partial charge on any atom is -0.370 e. The number of para-hydroxylation sites is 1. The molecule has 1 aromatic carbocycles. The van der Waals surface area contributed by atoms with Crippen LogP contribution < -0.4 is 4.90 Å². The van der Waals surface area contributed by atoms with Gasteiger partial charge < -0.3 is 4.90 Å². The van der Waals surface area contributed by atoms with Gasteiger partial charge in [0.15, 0.2) is 0 Å². The van der Waals surface area contributed by atoms with Crippen LogP contribution in [0, 0.1) is 0 Å². The maximum atomic E-state index is 2.70. The van der Waals surface area contributed by atoms with Gasteiger partial charge in [0, 0.05) is 37.9 Å². The summed E-state index contributed by atoms with van der Waals surface area (Å²) in [4.78, 5) is 7.91. The molecule has 3 nitrogen and oxygen atoms in total. The predicted molar refractivity (Wildman–Crippen MR) is 90.0 cm³/mol. The lowest BCUT2D eigenvalue weighted by atomic mass is 10.2. The van der Waals surface area contributed by atoms with Crippen molar-refractivity contribution in [1.82, 2.24) is 9.80 Å². The molecule has 3 heteroatoms. The molecule has 0 radical (unpaired) electrons. The molecule has 1 atom stereocenters. The molecule has 21 heavy (non-hydrogen) atoms. The van der Waals surface area contributed by atoms with Crippen LogP contribution in [0.5, 0.6) is 0 Å². The van der Waals surface area contributed by atoms with Gasteiger partial charge in [-0.15, -0.1) is 0 Å². The van der Waals surface area contributed by atoms with E-state index in [-0.39, 0.29) is 0 Å². The van der Waals surface area contributed by atoms with Crippen molar-refractivity contribution in [2.24, 2.45) is 0 Å². The third kappa shape index (κ3) is 3.78. The number of rotatable bonds is 4. The van der Waals surface area contributed by atoms with Crippen LogP contribution >= 0.6 is 0 Å². The first-order chi connectivity index (χ1) is 10.4. The molecule has 0 amide bonds. The number of likely N-dealkylation sites (tertiary alicyclic amines) is 1. The highest BCUT2D eigenvalue weighted by Crippen LogP contribution is 2.20. The molecule has 0 spiro atoms. The molecule has 0 aromatic heterocycles. The fraction of sp³-hybridized carbons (Fsp3) is 0.667. The zero-order valence-electron chi connectivity index (χ0n) is 13.4. The van der Waals surface area contributed by atoms with Crippen LogP contribution in [0.3, 0.4) is 0 Å². The summed E-state index contributed by atoms with van der Waals surface area (Å²) in [5.41, 5.74) is 1.38. The summed E-state index contributed by atoms with van der Waals surface area (Å²) < 4.78 is 0. The standard InChI is InChI=1S/C18H29N3/c1-2-20-12-6-10-18(20)16-19-11-7-13-21(15-14-19)17-8-4-3-5-9-17/h3-5,8-9,18H,2,6-7,10-16H2,1H3/t18-/m1/s1. The average Bonchev–Trinajstić information content (AvgIpc) is 2.84. The van der Waals surface area contributed by atoms with E-state index in [0.29, 0.717) is 0 Å². The summed E-state index contributed by atoms with van der Waals surface area (Å²) in [6.45, 7) is 10.9. The van der Waals surface area contributed by atoms with E-state index in [4.69, 9.17) is 0 Å². The van der Waals surface area contributed by atoms with Crippen molar-refractivity contribution in [3.8, 4) is 0 Å². The SMILES string of the molecule is CCN1CCC[C@@H]1CN1CCCN(c2ccccc2)CC1. The van der Waals surface area contributed by atoms with Crippen molar-refractivity contribution in [3.05, 3.63) is 30.3 Å². The molecule has 2 fully saturated rings. The lowest BCUT2D eigenvalue weighted by Crippen LogP contribution is -2.41.